The minimum absolute atomic E-state index is 0.0499. The van der Waals surface area contributed by atoms with E-state index in [4.69, 9.17) is 21.7 Å². The molecule has 0 unspecified atom stereocenters. The molecular weight excluding hydrogens is 445 g/mol. The molecule has 0 bridgehead atoms. The van der Waals surface area contributed by atoms with Gasteiger partial charge in [-0.25, -0.2) is 9.37 Å². The van der Waals surface area contributed by atoms with E-state index in [1.807, 2.05) is 36.2 Å². The number of benzene rings is 2. The Labute approximate surface area is 201 Å². The number of nitriles is 1. The second-order valence-electron chi connectivity index (χ2n) is 8.79. The monoisotopic (exact) mass is 469 g/mol. The molecule has 5 rings (SSSR count). The Kier molecular flexibility index (Phi) is 5.67. The molecule has 1 fully saturated rings. The molecular formula is C26H24FN7O. The number of hydrogen-bond donors (Lipinski definition) is 2. The number of piperidine rings is 1. The van der Waals surface area contributed by atoms with Crippen LogP contribution in [0.1, 0.15) is 28.8 Å². The molecule has 0 spiro atoms. The lowest BCUT2D eigenvalue weighted by atomic mass is 9.95. The Balaban J connectivity index is 1.75. The van der Waals surface area contributed by atoms with Crippen molar-refractivity contribution in [3.63, 3.8) is 0 Å². The van der Waals surface area contributed by atoms with Crippen molar-refractivity contribution in [3.8, 4) is 28.5 Å². The highest BCUT2D eigenvalue weighted by molar-refractivity contribution is 6.01. The van der Waals surface area contributed by atoms with Gasteiger partial charge in [0.05, 0.1) is 28.5 Å². The molecule has 0 atom stereocenters. The fourth-order valence-corrected chi connectivity index (χ4v) is 4.56. The number of fused-ring (bicyclic) bond motifs is 1. The van der Waals surface area contributed by atoms with E-state index in [9.17, 15) is 9.18 Å². The lowest BCUT2D eigenvalue weighted by molar-refractivity contribution is 0.100. The Morgan fingerprint density at radius 2 is 1.89 bits per heavy atom. The van der Waals surface area contributed by atoms with Crippen molar-refractivity contribution in [2.45, 2.75) is 18.9 Å². The van der Waals surface area contributed by atoms with E-state index < -0.39 is 11.7 Å². The van der Waals surface area contributed by atoms with E-state index in [2.05, 4.69) is 5.10 Å². The fourth-order valence-electron chi connectivity index (χ4n) is 4.56. The van der Waals surface area contributed by atoms with E-state index in [0.29, 0.717) is 41.3 Å². The number of pyridine rings is 1. The van der Waals surface area contributed by atoms with Crippen molar-refractivity contribution in [2.75, 3.05) is 18.0 Å². The topological polar surface area (TPSA) is 127 Å². The van der Waals surface area contributed by atoms with Crippen LogP contribution in [0.3, 0.4) is 0 Å². The Bertz CT molecular complexity index is 1500. The molecule has 2 aromatic carbocycles. The van der Waals surface area contributed by atoms with Gasteiger partial charge in [0, 0.05) is 42.7 Å². The van der Waals surface area contributed by atoms with Crippen molar-refractivity contribution in [3.05, 3.63) is 65.6 Å². The number of aromatic nitrogens is 3. The minimum atomic E-state index is -0.634. The summed E-state index contributed by atoms with van der Waals surface area (Å²) in [4.78, 5) is 19.4. The molecule has 1 amide bonds. The molecule has 0 radical (unpaired) electrons. The van der Waals surface area contributed by atoms with Crippen LogP contribution < -0.4 is 16.4 Å². The van der Waals surface area contributed by atoms with Crippen molar-refractivity contribution in [1.29, 1.82) is 5.26 Å². The van der Waals surface area contributed by atoms with E-state index >= 15 is 0 Å². The Morgan fingerprint density at radius 3 is 2.57 bits per heavy atom. The molecule has 176 valence electrons. The van der Waals surface area contributed by atoms with Crippen LogP contribution >= 0.6 is 0 Å². The van der Waals surface area contributed by atoms with Crippen molar-refractivity contribution in [1.82, 2.24) is 14.8 Å². The zero-order valence-electron chi connectivity index (χ0n) is 19.2. The largest absolute Gasteiger partial charge is 0.365 e. The third-order valence-corrected chi connectivity index (χ3v) is 6.53. The lowest BCUT2D eigenvalue weighted by Crippen LogP contribution is -2.41. The number of primary amides is 1. The third-order valence-electron chi connectivity index (χ3n) is 6.53. The highest BCUT2D eigenvalue weighted by Crippen LogP contribution is 2.37. The number of rotatable bonds is 4. The fraction of sp³-hybridized carbons (Fsp3) is 0.231. The van der Waals surface area contributed by atoms with Gasteiger partial charge in [0.25, 0.3) is 5.91 Å². The van der Waals surface area contributed by atoms with Crippen molar-refractivity contribution >= 4 is 22.6 Å². The summed E-state index contributed by atoms with van der Waals surface area (Å²) >= 11 is 0. The number of amides is 1. The smallest absolute Gasteiger partial charge is 0.252 e. The summed E-state index contributed by atoms with van der Waals surface area (Å²) < 4.78 is 16.4. The first kappa shape index (κ1) is 22.5. The average molecular weight is 470 g/mol. The first-order chi connectivity index (χ1) is 16.9. The number of hydrogen-bond acceptors (Lipinski definition) is 6. The van der Waals surface area contributed by atoms with Crippen LogP contribution in [0, 0.1) is 17.1 Å². The highest BCUT2D eigenvalue weighted by atomic mass is 19.1. The quantitative estimate of drug-likeness (QED) is 0.472. The average Bonchev–Trinajstić information content (AvgIpc) is 3.23. The maximum Gasteiger partial charge on any atom is 0.252 e. The van der Waals surface area contributed by atoms with E-state index in [0.717, 1.165) is 29.3 Å². The number of carbonyl (C=O) groups excluding carboxylic acids is 1. The molecule has 1 aliphatic rings. The molecule has 3 heterocycles. The zero-order valence-corrected chi connectivity index (χ0v) is 19.2. The van der Waals surface area contributed by atoms with Gasteiger partial charge in [-0.3, -0.25) is 9.48 Å². The second kappa shape index (κ2) is 8.81. The normalized spacial score (nSPS) is 14.3. The Hall–Kier alpha value is -4.29. The van der Waals surface area contributed by atoms with E-state index in [1.165, 1.54) is 12.1 Å². The first-order valence-electron chi connectivity index (χ1n) is 11.3. The molecule has 2 aromatic heterocycles. The van der Waals surface area contributed by atoms with Gasteiger partial charge >= 0.3 is 0 Å². The van der Waals surface area contributed by atoms with Crippen LogP contribution in [0.25, 0.3) is 33.3 Å². The molecule has 9 heteroatoms. The summed E-state index contributed by atoms with van der Waals surface area (Å²) in [6.07, 6.45) is 3.29. The molecule has 0 aliphatic carbocycles. The summed E-state index contributed by atoms with van der Waals surface area (Å²) in [5, 5.41) is 14.4. The summed E-state index contributed by atoms with van der Waals surface area (Å²) in [6, 6.07) is 13.9. The SMILES string of the molecule is Cn1ncc2cc(-c3cc(C(N)=O)c(N4CCC(N)CC4)nc3-c3ccc(C#N)c(F)c3)ccc21. The van der Waals surface area contributed by atoms with Crippen LogP contribution in [0.2, 0.25) is 0 Å². The van der Waals surface area contributed by atoms with Gasteiger partial charge < -0.3 is 16.4 Å². The van der Waals surface area contributed by atoms with Gasteiger partial charge in [0.15, 0.2) is 0 Å². The van der Waals surface area contributed by atoms with Gasteiger partial charge in [-0.1, -0.05) is 12.1 Å². The van der Waals surface area contributed by atoms with E-state index in [-0.39, 0.29) is 11.6 Å². The zero-order chi connectivity index (χ0) is 24.7. The standard InChI is InChI=1S/C26H24FN7O/c1-33-23-5-4-15(10-18(23)14-31-33)20-12-21(25(30)35)26(34-8-6-19(29)7-9-34)32-24(20)16-2-3-17(13-28)22(27)11-16/h2-5,10-12,14,19H,6-9,29H2,1H3,(H2,30,35). The number of anilines is 1. The summed E-state index contributed by atoms with van der Waals surface area (Å²) in [5.74, 6) is -0.774. The minimum Gasteiger partial charge on any atom is -0.365 e. The van der Waals surface area contributed by atoms with Gasteiger partial charge in [-0.15, -0.1) is 0 Å². The van der Waals surface area contributed by atoms with Gasteiger partial charge in [0.1, 0.15) is 17.7 Å². The van der Waals surface area contributed by atoms with Crippen LogP contribution in [-0.2, 0) is 7.05 Å². The molecule has 8 nitrogen and oxygen atoms in total. The molecule has 1 saturated heterocycles. The second-order valence-corrected chi connectivity index (χ2v) is 8.79. The summed E-state index contributed by atoms with van der Waals surface area (Å²) in [5.41, 5.74) is 15.5. The molecule has 4 N–H and O–H groups in total. The molecule has 0 saturated carbocycles. The highest BCUT2D eigenvalue weighted by Gasteiger charge is 2.25. The number of nitrogens with zero attached hydrogens (tertiary/aromatic N) is 5. The van der Waals surface area contributed by atoms with Crippen LogP contribution in [0.5, 0.6) is 0 Å². The summed E-state index contributed by atoms with van der Waals surface area (Å²) in [7, 11) is 1.86. The Morgan fingerprint density at radius 1 is 1.14 bits per heavy atom. The molecule has 35 heavy (non-hydrogen) atoms. The number of nitrogens with two attached hydrogens (primary N) is 2. The van der Waals surface area contributed by atoms with Crippen LogP contribution in [-0.4, -0.2) is 39.8 Å². The third kappa shape index (κ3) is 4.09. The predicted octanol–water partition coefficient (Wildman–Crippen LogP) is 3.34. The maximum absolute atomic E-state index is 14.6. The maximum atomic E-state index is 14.6. The predicted molar refractivity (Wildman–Crippen MR) is 132 cm³/mol. The molecule has 4 aromatic rings. The lowest BCUT2D eigenvalue weighted by Gasteiger charge is -2.32. The number of halogens is 1. The molecule has 1 aliphatic heterocycles. The van der Waals surface area contributed by atoms with E-state index in [1.54, 1.807) is 23.0 Å². The van der Waals surface area contributed by atoms with Gasteiger partial charge in [-0.05, 0) is 48.7 Å². The number of carbonyl (C=O) groups is 1. The van der Waals surface area contributed by atoms with Gasteiger partial charge in [-0.2, -0.15) is 10.4 Å². The van der Waals surface area contributed by atoms with Crippen LogP contribution in [0.4, 0.5) is 10.2 Å². The van der Waals surface area contributed by atoms with Crippen molar-refractivity contribution < 1.29 is 9.18 Å². The summed E-state index contributed by atoms with van der Waals surface area (Å²) in [6.45, 7) is 1.27. The number of aryl methyl sites for hydroxylation is 1. The first-order valence-corrected chi connectivity index (χ1v) is 11.3. The van der Waals surface area contributed by atoms with Crippen molar-refractivity contribution in [2.24, 2.45) is 18.5 Å². The van der Waals surface area contributed by atoms with Gasteiger partial charge in [0.2, 0.25) is 0 Å². The van der Waals surface area contributed by atoms with Crippen LogP contribution in [0.15, 0.2) is 48.7 Å².